The van der Waals surface area contributed by atoms with E-state index in [9.17, 15) is 4.79 Å². The second-order valence-corrected chi connectivity index (χ2v) is 7.23. The third-order valence-corrected chi connectivity index (χ3v) is 5.31. The summed E-state index contributed by atoms with van der Waals surface area (Å²) in [5.41, 5.74) is 5.92. The number of carbonyl (C=O) groups excluding carboxylic acids is 1. The molecule has 4 heteroatoms. The highest BCUT2D eigenvalue weighted by Crippen LogP contribution is 2.34. The standard InChI is InChI=1S/C23H25N3O/c1-17-10-11-20(18(2)15-17)22-21-9-6-12-25(21)13-14-26(22)23(27)24-16-19-7-4-3-5-8-19/h3-12,15,22H,13-14,16H2,1-2H3,(H,24,27)/t22-/m1/s1. The van der Waals surface area contributed by atoms with E-state index >= 15 is 0 Å². The van der Waals surface area contributed by atoms with Crippen LogP contribution in [0.15, 0.2) is 66.9 Å². The first kappa shape index (κ1) is 17.4. The minimum atomic E-state index is -0.0647. The van der Waals surface area contributed by atoms with E-state index in [-0.39, 0.29) is 12.1 Å². The van der Waals surface area contributed by atoms with E-state index in [0.717, 1.165) is 12.1 Å². The van der Waals surface area contributed by atoms with Crippen LogP contribution in [-0.2, 0) is 13.1 Å². The Balaban J connectivity index is 1.63. The molecule has 1 aliphatic rings. The smallest absolute Gasteiger partial charge is 0.318 e. The summed E-state index contributed by atoms with van der Waals surface area (Å²) in [4.78, 5) is 15.0. The normalized spacial score (nSPS) is 16.1. The first-order valence-electron chi connectivity index (χ1n) is 9.44. The molecule has 2 aromatic carbocycles. The maximum absolute atomic E-state index is 13.1. The SMILES string of the molecule is Cc1ccc([C@@H]2c3cccn3CCN2C(=O)NCc2ccccc2)c(C)c1. The van der Waals surface area contributed by atoms with Crippen LogP contribution in [-0.4, -0.2) is 22.0 Å². The number of nitrogens with zero attached hydrogens (tertiary/aromatic N) is 2. The van der Waals surface area contributed by atoms with Gasteiger partial charge in [-0.15, -0.1) is 0 Å². The highest BCUT2D eigenvalue weighted by atomic mass is 16.2. The highest BCUT2D eigenvalue weighted by molar-refractivity contribution is 5.75. The Morgan fingerprint density at radius 2 is 1.85 bits per heavy atom. The third-order valence-electron chi connectivity index (χ3n) is 5.31. The fourth-order valence-electron chi connectivity index (χ4n) is 3.94. The maximum atomic E-state index is 13.1. The summed E-state index contributed by atoms with van der Waals surface area (Å²) in [5, 5.41) is 3.10. The minimum absolute atomic E-state index is 0.0173. The number of amides is 2. The molecule has 1 atom stereocenters. The Hall–Kier alpha value is -3.01. The van der Waals surface area contributed by atoms with Crippen LogP contribution in [0.1, 0.15) is 34.0 Å². The second-order valence-electron chi connectivity index (χ2n) is 7.23. The largest absolute Gasteiger partial charge is 0.348 e. The summed E-state index contributed by atoms with van der Waals surface area (Å²) < 4.78 is 2.25. The number of benzene rings is 2. The number of hydrogen-bond acceptors (Lipinski definition) is 1. The first-order chi connectivity index (χ1) is 13.1. The predicted molar refractivity (Wildman–Crippen MR) is 108 cm³/mol. The molecule has 1 aliphatic heterocycles. The molecule has 0 saturated heterocycles. The van der Waals surface area contributed by atoms with Gasteiger partial charge in [-0.05, 0) is 42.7 Å². The molecular weight excluding hydrogens is 334 g/mol. The van der Waals surface area contributed by atoms with Crippen LogP contribution in [0.3, 0.4) is 0 Å². The zero-order chi connectivity index (χ0) is 18.8. The number of carbonyl (C=O) groups is 1. The van der Waals surface area contributed by atoms with Gasteiger partial charge in [-0.2, -0.15) is 0 Å². The number of aromatic nitrogens is 1. The van der Waals surface area contributed by atoms with Crippen LogP contribution in [0.2, 0.25) is 0 Å². The predicted octanol–water partition coefficient (Wildman–Crippen LogP) is 4.42. The summed E-state index contributed by atoms with van der Waals surface area (Å²) in [6.07, 6.45) is 2.10. The molecule has 0 aliphatic carbocycles. The van der Waals surface area contributed by atoms with Crippen molar-refractivity contribution >= 4 is 6.03 Å². The molecule has 3 aromatic rings. The molecule has 0 fully saturated rings. The van der Waals surface area contributed by atoms with Crippen LogP contribution < -0.4 is 5.32 Å². The first-order valence-corrected chi connectivity index (χ1v) is 9.44. The molecule has 4 rings (SSSR count). The van der Waals surface area contributed by atoms with Gasteiger partial charge in [0, 0.05) is 31.5 Å². The van der Waals surface area contributed by atoms with Gasteiger partial charge in [0.1, 0.15) is 0 Å². The van der Waals surface area contributed by atoms with Crippen molar-refractivity contribution in [3.8, 4) is 0 Å². The molecule has 0 radical (unpaired) electrons. The monoisotopic (exact) mass is 359 g/mol. The fraction of sp³-hybridized carbons (Fsp3) is 0.261. The summed E-state index contributed by atoms with van der Waals surface area (Å²) in [7, 11) is 0. The van der Waals surface area contributed by atoms with Gasteiger partial charge < -0.3 is 14.8 Å². The zero-order valence-corrected chi connectivity index (χ0v) is 15.9. The highest BCUT2D eigenvalue weighted by Gasteiger charge is 2.32. The van der Waals surface area contributed by atoms with Gasteiger partial charge in [-0.1, -0.05) is 54.1 Å². The van der Waals surface area contributed by atoms with E-state index in [1.807, 2.05) is 35.2 Å². The topological polar surface area (TPSA) is 37.3 Å². The molecule has 0 saturated carbocycles. The zero-order valence-electron chi connectivity index (χ0n) is 15.9. The molecule has 2 amide bonds. The lowest BCUT2D eigenvalue weighted by Crippen LogP contribution is -2.47. The van der Waals surface area contributed by atoms with Crippen molar-refractivity contribution in [3.63, 3.8) is 0 Å². The average molecular weight is 359 g/mol. The molecule has 27 heavy (non-hydrogen) atoms. The van der Waals surface area contributed by atoms with Crippen molar-refractivity contribution in [2.45, 2.75) is 33.0 Å². The number of aryl methyl sites for hydroxylation is 2. The van der Waals surface area contributed by atoms with Crippen LogP contribution in [0.4, 0.5) is 4.79 Å². The number of fused-ring (bicyclic) bond motifs is 1. The van der Waals surface area contributed by atoms with Gasteiger partial charge in [0.25, 0.3) is 0 Å². The minimum Gasteiger partial charge on any atom is -0.348 e. The quantitative estimate of drug-likeness (QED) is 0.738. The summed E-state index contributed by atoms with van der Waals surface area (Å²) >= 11 is 0. The molecule has 1 N–H and O–H groups in total. The van der Waals surface area contributed by atoms with Crippen molar-refractivity contribution < 1.29 is 4.79 Å². The fourth-order valence-corrected chi connectivity index (χ4v) is 3.94. The van der Waals surface area contributed by atoms with Crippen molar-refractivity contribution in [2.24, 2.45) is 0 Å². The van der Waals surface area contributed by atoms with Gasteiger partial charge in [0.15, 0.2) is 0 Å². The van der Waals surface area contributed by atoms with Crippen molar-refractivity contribution in [2.75, 3.05) is 6.54 Å². The maximum Gasteiger partial charge on any atom is 0.318 e. The third kappa shape index (κ3) is 3.47. The molecule has 0 unspecified atom stereocenters. The molecule has 1 aromatic heterocycles. The lowest BCUT2D eigenvalue weighted by molar-refractivity contribution is 0.168. The van der Waals surface area contributed by atoms with Gasteiger partial charge in [0.05, 0.1) is 6.04 Å². The van der Waals surface area contributed by atoms with E-state index in [0.29, 0.717) is 13.1 Å². The number of nitrogens with one attached hydrogen (secondary N) is 1. The lowest BCUT2D eigenvalue weighted by atomic mass is 9.94. The van der Waals surface area contributed by atoms with E-state index < -0.39 is 0 Å². The van der Waals surface area contributed by atoms with Gasteiger partial charge in [0.2, 0.25) is 0 Å². The summed E-state index contributed by atoms with van der Waals surface area (Å²) in [6.45, 7) is 6.29. The Labute approximate surface area is 160 Å². The summed E-state index contributed by atoms with van der Waals surface area (Å²) in [6, 6.07) is 20.6. The van der Waals surface area contributed by atoms with E-state index in [2.05, 4.69) is 60.3 Å². The van der Waals surface area contributed by atoms with E-state index in [1.54, 1.807) is 0 Å². The van der Waals surface area contributed by atoms with Crippen molar-refractivity contribution in [3.05, 3.63) is 94.8 Å². The molecule has 138 valence electrons. The van der Waals surface area contributed by atoms with Gasteiger partial charge in [-0.25, -0.2) is 4.79 Å². The Bertz CT molecular complexity index is 945. The van der Waals surface area contributed by atoms with Crippen LogP contribution in [0.5, 0.6) is 0 Å². The number of urea groups is 1. The molecule has 2 heterocycles. The Morgan fingerprint density at radius 1 is 1.04 bits per heavy atom. The second kappa shape index (κ2) is 7.31. The van der Waals surface area contributed by atoms with Crippen molar-refractivity contribution in [1.29, 1.82) is 0 Å². The van der Waals surface area contributed by atoms with Crippen molar-refractivity contribution in [1.82, 2.24) is 14.8 Å². The Kier molecular flexibility index (Phi) is 4.71. The molecule has 4 nitrogen and oxygen atoms in total. The number of hydrogen-bond donors (Lipinski definition) is 1. The van der Waals surface area contributed by atoms with Crippen LogP contribution in [0, 0.1) is 13.8 Å². The Morgan fingerprint density at radius 3 is 2.63 bits per heavy atom. The van der Waals surface area contributed by atoms with Crippen LogP contribution in [0.25, 0.3) is 0 Å². The van der Waals surface area contributed by atoms with Crippen LogP contribution >= 0.6 is 0 Å². The molecular formula is C23H25N3O. The molecule has 0 bridgehead atoms. The molecule has 0 spiro atoms. The number of rotatable bonds is 3. The van der Waals surface area contributed by atoms with Gasteiger partial charge >= 0.3 is 6.03 Å². The summed E-state index contributed by atoms with van der Waals surface area (Å²) in [5.74, 6) is 0. The average Bonchev–Trinajstić information content (AvgIpc) is 3.15. The van der Waals surface area contributed by atoms with Gasteiger partial charge in [-0.3, -0.25) is 0 Å². The lowest BCUT2D eigenvalue weighted by Gasteiger charge is -2.38. The van der Waals surface area contributed by atoms with E-state index in [4.69, 9.17) is 0 Å². The van der Waals surface area contributed by atoms with E-state index in [1.165, 1.54) is 22.4 Å².